The van der Waals surface area contributed by atoms with E-state index in [4.69, 9.17) is 9.47 Å². The average Bonchev–Trinajstić information content (AvgIpc) is 3.30. The summed E-state index contributed by atoms with van der Waals surface area (Å²) in [4.78, 5) is 39.1. The molecule has 0 spiro atoms. The maximum absolute atomic E-state index is 13.8. The third kappa shape index (κ3) is 11.3. The summed E-state index contributed by atoms with van der Waals surface area (Å²) in [7, 11) is 0. The Morgan fingerprint density at radius 3 is 2.05 bits per heavy atom. The summed E-state index contributed by atoms with van der Waals surface area (Å²) in [5.74, 6) is 2.04. The first kappa shape index (κ1) is 33.3. The molecule has 0 amide bonds. The van der Waals surface area contributed by atoms with Gasteiger partial charge in [-0.1, -0.05) is 55.4 Å². The lowest BCUT2D eigenvalue weighted by Crippen LogP contribution is -2.13. The van der Waals surface area contributed by atoms with Crippen LogP contribution >= 0.6 is 0 Å². The van der Waals surface area contributed by atoms with Crippen molar-refractivity contribution in [1.29, 1.82) is 0 Å². The fraction of sp³-hybridized carbons (Fsp3) is 0.618. The molecule has 0 bridgehead atoms. The van der Waals surface area contributed by atoms with Gasteiger partial charge in [0.2, 0.25) is 5.78 Å². The maximum atomic E-state index is 13.8. The van der Waals surface area contributed by atoms with Gasteiger partial charge in [0.1, 0.15) is 5.75 Å². The Morgan fingerprint density at radius 1 is 0.775 bits per heavy atom. The van der Waals surface area contributed by atoms with Crippen LogP contribution in [-0.4, -0.2) is 35.3 Å². The predicted molar refractivity (Wildman–Crippen MR) is 161 cm³/mol. The SMILES string of the molecule is CC(C)CCOC(=O)CCc1cc(C(=O)c2cc(C(=O)CC(C)C)cn2CCC(C)C)ccc1OCCC(C)C. The van der Waals surface area contributed by atoms with Crippen molar-refractivity contribution in [3.63, 3.8) is 0 Å². The molecule has 2 rings (SSSR count). The van der Waals surface area contributed by atoms with Crippen LogP contribution in [0.4, 0.5) is 0 Å². The van der Waals surface area contributed by atoms with Crippen LogP contribution in [0.15, 0.2) is 30.5 Å². The predicted octanol–water partition coefficient (Wildman–Crippen LogP) is 7.94. The zero-order valence-electron chi connectivity index (χ0n) is 26.0. The molecule has 1 aromatic heterocycles. The number of esters is 1. The van der Waals surface area contributed by atoms with Crippen LogP contribution < -0.4 is 4.74 Å². The van der Waals surface area contributed by atoms with Gasteiger partial charge in [0.25, 0.3) is 0 Å². The van der Waals surface area contributed by atoms with E-state index in [2.05, 4.69) is 41.5 Å². The summed E-state index contributed by atoms with van der Waals surface area (Å²) < 4.78 is 13.4. The second-order valence-corrected chi connectivity index (χ2v) is 12.6. The van der Waals surface area contributed by atoms with E-state index < -0.39 is 0 Å². The average molecular weight is 554 g/mol. The van der Waals surface area contributed by atoms with Crippen molar-refractivity contribution in [2.75, 3.05) is 13.2 Å². The molecular formula is C34H51NO5. The monoisotopic (exact) mass is 553 g/mol. The molecule has 0 unspecified atom stereocenters. The molecule has 1 heterocycles. The first-order chi connectivity index (χ1) is 18.9. The van der Waals surface area contributed by atoms with Gasteiger partial charge >= 0.3 is 5.97 Å². The highest BCUT2D eigenvalue weighted by Gasteiger charge is 2.21. The van der Waals surface area contributed by atoms with Crippen LogP contribution in [0.1, 0.15) is 119 Å². The lowest BCUT2D eigenvalue weighted by Gasteiger charge is -2.15. The minimum absolute atomic E-state index is 0.0536. The summed E-state index contributed by atoms with van der Waals surface area (Å²) in [6.07, 6.45) is 5.56. The van der Waals surface area contributed by atoms with E-state index in [1.165, 1.54) is 0 Å². The maximum Gasteiger partial charge on any atom is 0.306 e. The van der Waals surface area contributed by atoms with Crippen LogP contribution in [-0.2, 0) is 22.5 Å². The van der Waals surface area contributed by atoms with Gasteiger partial charge in [0, 0.05) is 36.7 Å². The van der Waals surface area contributed by atoms with E-state index in [-0.39, 0.29) is 29.9 Å². The molecule has 2 aromatic rings. The molecule has 222 valence electrons. The number of hydrogen-bond acceptors (Lipinski definition) is 5. The first-order valence-corrected chi connectivity index (χ1v) is 15.1. The molecule has 0 saturated carbocycles. The topological polar surface area (TPSA) is 74.6 Å². The standard InChI is InChI=1S/C34H51NO5/c1-23(2)13-16-35-22-29(31(36)19-26(7)8)21-30(35)34(38)28-9-11-32(39-17-14-24(3)4)27(20-28)10-12-33(37)40-18-15-25(5)6/h9,11,20-26H,10,12-19H2,1-8H3. The first-order valence-electron chi connectivity index (χ1n) is 15.1. The molecule has 40 heavy (non-hydrogen) atoms. The summed E-state index contributed by atoms with van der Waals surface area (Å²) in [6, 6.07) is 7.20. The summed E-state index contributed by atoms with van der Waals surface area (Å²) in [5, 5.41) is 0. The lowest BCUT2D eigenvalue weighted by atomic mass is 10.00. The Bertz CT molecular complexity index is 1110. The largest absolute Gasteiger partial charge is 0.493 e. The highest BCUT2D eigenvalue weighted by molar-refractivity contribution is 6.10. The van der Waals surface area contributed by atoms with Crippen molar-refractivity contribution in [3.05, 3.63) is 52.8 Å². The number of hydrogen-bond donors (Lipinski definition) is 0. The van der Waals surface area contributed by atoms with Crippen LogP contribution in [0.5, 0.6) is 5.75 Å². The Balaban J connectivity index is 2.34. The third-order valence-electron chi connectivity index (χ3n) is 6.82. The zero-order valence-corrected chi connectivity index (χ0v) is 26.0. The fourth-order valence-electron chi connectivity index (χ4n) is 4.25. The molecule has 0 aliphatic heterocycles. The number of rotatable bonds is 18. The van der Waals surface area contributed by atoms with Crippen LogP contribution in [0.25, 0.3) is 0 Å². The smallest absolute Gasteiger partial charge is 0.306 e. The lowest BCUT2D eigenvalue weighted by molar-refractivity contribution is -0.143. The minimum Gasteiger partial charge on any atom is -0.493 e. The molecule has 0 aliphatic rings. The minimum atomic E-state index is -0.249. The molecule has 0 aliphatic carbocycles. The van der Waals surface area contributed by atoms with Gasteiger partial charge in [0.05, 0.1) is 18.9 Å². The van der Waals surface area contributed by atoms with Gasteiger partial charge in [0.15, 0.2) is 5.78 Å². The molecule has 6 nitrogen and oxygen atoms in total. The normalized spacial score (nSPS) is 11.6. The van der Waals surface area contributed by atoms with E-state index in [9.17, 15) is 14.4 Å². The van der Waals surface area contributed by atoms with Crippen molar-refractivity contribution < 1.29 is 23.9 Å². The highest BCUT2D eigenvalue weighted by atomic mass is 16.5. The fourth-order valence-corrected chi connectivity index (χ4v) is 4.25. The molecule has 0 saturated heterocycles. The van der Waals surface area contributed by atoms with Crippen molar-refractivity contribution in [2.45, 2.75) is 100 Å². The number of ketones is 2. The second kappa shape index (κ2) is 16.4. The Hall–Kier alpha value is -2.89. The van der Waals surface area contributed by atoms with Gasteiger partial charge in [-0.15, -0.1) is 0 Å². The van der Waals surface area contributed by atoms with Crippen molar-refractivity contribution in [3.8, 4) is 5.75 Å². The van der Waals surface area contributed by atoms with E-state index >= 15 is 0 Å². The molecule has 0 N–H and O–H groups in total. The third-order valence-corrected chi connectivity index (χ3v) is 6.82. The molecule has 0 fully saturated rings. The van der Waals surface area contributed by atoms with Gasteiger partial charge in [-0.3, -0.25) is 14.4 Å². The molecule has 0 radical (unpaired) electrons. The summed E-state index contributed by atoms with van der Waals surface area (Å²) >= 11 is 0. The number of carbonyl (C=O) groups excluding carboxylic acids is 3. The highest BCUT2D eigenvalue weighted by Crippen LogP contribution is 2.26. The number of ether oxygens (including phenoxy) is 2. The van der Waals surface area contributed by atoms with E-state index in [0.717, 1.165) is 24.8 Å². The van der Waals surface area contributed by atoms with Gasteiger partial charge in [-0.25, -0.2) is 0 Å². The van der Waals surface area contributed by atoms with E-state index in [0.29, 0.717) is 72.9 Å². The number of aryl methyl sites for hydroxylation is 2. The Labute approximate surface area is 241 Å². The number of nitrogens with zero attached hydrogens (tertiary/aromatic N) is 1. The van der Waals surface area contributed by atoms with Gasteiger partial charge < -0.3 is 14.0 Å². The van der Waals surface area contributed by atoms with Crippen LogP contribution in [0, 0.1) is 23.7 Å². The molecule has 1 aromatic carbocycles. The van der Waals surface area contributed by atoms with E-state index in [1.54, 1.807) is 12.1 Å². The van der Waals surface area contributed by atoms with E-state index in [1.807, 2.05) is 36.7 Å². The molecule has 0 atom stereocenters. The quantitative estimate of drug-likeness (QED) is 0.138. The number of aromatic nitrogens is 1. The Kier molecular flexibility index (Phi) is 13.7. The van der Waals surface area contributed by atoms with Crippen molar-refractivity contribution in [1.82, 2.24) is 4.57 Å². The number of Topliss-reactive ketones (excluding diaryl/α,β-unsaturated/α-hetero) is 1. The molecule has 6 heteroatoms. The molecular weight excluding hydrogens is 502 g/mol. The summed E-state index contributed by atoms with van der Waals surface area (Å²) in [5.41, 5.74) is 2.43. The number of carbonyl (C=O) groups is 3. The van der Waals surface area contributed by atoms with Crippen molar-refractivity contribution in [2.24, 2.45) is 23.7 Å². The van der Waals surface area contributed by atoms with Crippen LogP contribution in [0.3, 0.4) is 0 Å². The zero-order chi connectivity index (χ0) is 29.8. The second-order valence-electron chi connectivity index (χ2n) is 12.6. The van der Waals surface area contributed by atoms with Gasteiger partial charge in [-0.05, 0) is 79.2 Å². The Morgan fingerprint density at radius 2 is 1.43 bits per heavy atom. The summed E-state index contributed by atoms with van der Waals surface area (Å²) in [6.45, 7) is 18.5. The van der Waals surface area contributed by atoms with Crippen molar-refractivity contribution >= 4 is 17.5 Å². The van der Waals surface area contributed by atoms with Crippen LogP contribution in [0.2, 0.25) is 0 Å². The van der Waals surface area contributed by atoms with Gasteiger partial charge in [-0.2, -0.15) is 0 Å². The number of benzene rings is 1.